The van der Waals surface area contributed by atoms with Crippen LogP contribution < -0.4 is 15.4 Å². The van der Waals surface area contributed by atoms with Crippen LogP contribution >= 0.6 is 0 Å². The minimum absolute atomic E-state index is 0.0503. The fraction of sp³-hybridized carbons (Fsp3) is 0.192. The largest absolute Gasteiger partial charge is 0.502 e. The summed E-state index contributed by atoms with van der Waals surface area (Å²) in [6.45, 7) is 0. The van der Waals surface area contributed by atoms with E-state index in [9.17, 15) is 20.0 Å². The number of Topliss-reactive ketones (excluding diaryl/α,β-unsaturated/α-hetero) is 1. The van der Waals surface area contributed by atoms with Gasteiger partial charge in [-0.3, -0.25) is 14.9 Å². The summed E-state index contributed by atoms with van der Waals surface area (Å²) < 4.78 is 5.54. The minimum atomic E-state index is -0.628. The number of rotatable bonds is 4. The Balaban J connectivity index is 1.64. The maximum Gasteiger partial charge on any atom is 0.311 e. The lowest BCUT2D eigenvalue weighted by atomic mass is 9.78. The SMILES string of the molecule is COc1ccccc1C1CC(=O)C2=C(C1)Nc1ccccc1NC2c1ccc(O)c([N+](=O)[O-])c1. The lowest BCUT2D eigenvalue weighted by Crippen LogP contribution is -2.27. The molecule has 8 nitrogen and oxygen atoms in total. The van der Waals surface area contributed by atoms with Gasteiger partial charge in [0.05, 0.1) is 29.4 Å². The second-order valence-electron chi connectivity index (χ2n) is 8.42. The smallest absolute Gasteiger partial charge is 0.311 e. The maximum absolute atomic E-state index is 13.6. The summed E-state index contributed by atoms with van der Waals surface area (Å²) in [6.07, 6.45) is 0.865. The van der Waals surface area contributed by atoms with Crippen LogP contribution in [0.2, 0.25) is 0 Å². The van der Waals surface area contributed by atoms with Crippen LogP contribution in [0.3, 0.4) is 0 Å². The number of nitrogens with one attached hydrogen (secondary N) is 2. The summed E-state index contributed by atoms with van der Waals surface area (Å²) in [6, 6.07) is 18.9. The number of methoxy groups -OCH3 is 1. The predicted molar refractivity (Wildman–Crippen MR) is 128 cm³/mol. The van der Waals surface area contributed by atoms with Crippen molar-refractivity contribution in [2.24, 2.45) is 0 Å². The Morgan fingerprint density at radius 1 is 1.03 bits per heavy atom. The van der Waals surface area contributed by atoms with Crippen molar-refractivity contribution in [2.75, 3.05) is 17.7 Å². The Hall–Kier alpha value is -4.33. The average Bonchev–Trinajstić information content (AvgIpc) is 3.01. The number of hydrogen-bond acceptors (Lipinski definition) is 7. The van der Waals surface area contributed by atoms with Gasteiger partial charge in [0.2, 0.25) is 0 Å². The van der Waals surface area contributed by atoms with Crippen molar-refractivity contribution in [1.29, 1.82) is 0 Å². The third-order valence-electron chi connectivity index (χ3n) is 6.42. The third kappa shape index (κ3) is 3.73. The van der Waals surface area contributed by atoms with Crippen molar-refractivity contribution in [1.82, 2.24) is 0 Å². The Labute approximate surface area is 196 Å². The van der Waals surface area contributed by atoms with E-state index in [0.29, 0.717) is 17.6 Å². The Bertz CT molecular complexity index is 1330. The number of nitro benzene ring substituents is 1. The molecule has 0 saturated heterocycles. The highest BCUT2D eigenvalue weighted by molar-refractivity contribution is 6.01. The molecule has 0 fully saturated rings. The van der Waals surface area contributed by atoms with Crippen molar-refractivity contribution < 1.29 is 19.6 Å². The van der Waals surface area contributed by atoms with Gasteiger partial charge in [0, 0.05) is 29.7 Å². The molecule has 1 aliphatic carbocycles. The molecule has 172 valence electrons. The number of nitrogens with zero attached hydrogens (tertiary/aromatic N) is 1. The molecule has 2 unspecified atom stereocenters. The zero-order chi connectivity index (χ0) is 23.8. The van der Waals surface area contributed by atoms with E-state index in [2.05, 4.69) is 10.6 Å². The van der Waals surface area contributed by atoms with E-state index < -0.39 is 22.4 Å². The molecule has 0 bridgehead atoms. The topological polar surface area (TPSA) is 114 Å². The molecule has 3 aromatic rings. The fourth-order valence-electron chi connectivity index (χ4n) is 4.83. The fourth-order valence-corrected chi connectivity index (χ4v) is 4.83. The number of ketones is 1. The van der Waals surface area contributed by atoms with Gasteiger partial charge >= 0.3 is 5.69 Å². The maximum atomic E-state index is 13.6. The first kappa shape index (κ1) is 21.5. The van der Waals surface area contributed by atoms with Crippen molar-refractivity contribution in [3.8, 4) is 11.5 Å². The molecule has 0 amide bonds. The van der Waals surface area contributed by atoms with Crippen LogP contribution in [-0.4, -0.2) is 22.9 Å². The van der Waals surface area contributed by atoms with Gasteiger partial charge < -0.3 is 20.5 Å². The van der Waals surface area contributed by atoms with E-state index in [4.69, 9.17) is 4.74 Å². The molecule has 34 heavy (non-hydrogen) atoms. The molecular formula is C26H23N3O5. The molecule has 0 saturated carbocycles. The zero-order valence-electron chi connectivity index (χ0n) is 18.4. The molecule has 0 aromatic heterocycles. The van der Waals surface area contributed by atoms with Crippen molar-refractivity contribution in [2.45, 2.75) is 24.8 Å². The first-order valence-corrected chi connectivity index (χ1v) is 10.9. The van der Waals surface area contributed by atoms with Gasteiger partial charge in [0.1, 0.15) is 5.75 Å². The molecular weight excluding hydrogens is 434 g/mol. The number of anilines is 2. The van der Waals surface area contributed by atoms with E-state index in [0.717, 1.165) is 28.4 Å². The highest BCUT2D eigenvalue weighted by Crippen LogP contribution is 2.46. The molecule has 1 heterocycles. The number of benzene rings is 3. The van der Waals surface area contributed by atoms with Gasteiger partial charge in [-0.2, -0.15) is 0 Å². The number of nitro groups is 1. The van der Waals surface area contributed by atoms with Crippen LogP contribution in [0.4, 0.5) is 17.1 Å². The van der Waals surface area contributed by atoms with Crippen LogP contribution in [0.25, 0.3) is 0 Å². The first-order chi connectivity index (χ1) is 16.5. The van der Waals surface area contributed by atoms with Crippen LogP contribution in [-0.2, 0) is 4.79 Å². The minimum Gasteiger partial charge on any atom is -0.502 e. The Morgan fingerprint density at radius 3 is 2.53 bits per heavy atom. The van der Waals surface area contributed by atoms with Gasteiger partial charge in [-0.15, -0.1) is 0 Å². The van der Waals surface area contributed by atoms with Gasteiger partial charge in [0.25, 0.3) is 0 Å². The standard InChI is InChI=1S/C26H23N3O5/c1-34-24-9-5-2-6-17(24)16-12-20-25(23(31)14-16)26(28-19-8-4-3-7-18(19)27-20)15-10-11-22(30)21(13-15)29(32)33/h2-11,13,16,26-28,30H,12,14H2,1H3. The van der Waals surface area contributed by atoms with Gasteiger partial charge in [0.15, 0.2) is 11.5 Å². The van der Waals surface area contributed by atoms with E-state index in [1.807, 2.05) is 48.5 Å². The second-order valence-corrected chi connectivity index (χ2v) is 8.42. The number of allylic oxidation sites excluding steroid dienone is 1. The highest BCUT2D eigenvalue weighted by Gasteiger charge is 2.37. The van der Waals surface area contributed by atoms with E-state index >= 15 is 0 Å². The second kappa shape index (κ2) is 8.55. The Morgan fingerprint density at radius 2 is 1.76 bits per heavy atom. The van der Waals surface area contributed by atoms with Gasteiger partial charge in [-0.05, 0) is 41.8 Å². The number of carbonyl (C=O) groups excluding carboxylic acids is 1. The summed E-state index contributed by atoms with van der Waals surface area (Å²) in [7, 11) is 1.62. The van der Waals surface area contributed by atoms with Crippen molar-refractivity contribution in [3.63, 3.8) is 0 Å². The van der Waals surface area contributed by atoms with E-state index in [1.54, 1.807) is 13.2 Å². The summed E-state index contributed by atoms with van der Waals surface area (Å²) in [5.74, 6) is 0.198. The molecule has 2 atom stereocenters. The van der Waals surface area contributed by atoms with E-state index in [-0.39, 0.29) is 18.1 Å². The summed E-state index contributed by atoms with van der Waals surface area (Å²) in [4.78, 5) is 24.4. The average molecular weight is 457 g/mol. The predicted octanol–water partition coefficient (Wildman–Crippen LogP) is 5.29. The molecule has 8 heteroatoms. The van der Waals surface area contributed by atoms with Gasteiger partial charge in [-0.25, -0.2) is 0 Å². The number of fused-ring (bicyclic) bond motifs is 1. The number of phenols is 1. The molecule has 0 radical (unpaired) electrons. The summed E-state index contributed by atoms with van der Waals surface area (Å²) in [5.41, 5.74) is 4.00. The van der Waals surface area contributed by atoms with Crippen molar-refractivity contribution >= 4 is 22.8 Å². The number of hydrogen-bond donors (Lipinski definition) is 3. The number of ether oxygens (including phenoxy) is 1. The van der Waals surface area contributed by atoms with Crippen LogP contribution in [0, 0.1) is 10.1 Å². The lowest BCUT2D eigenvalue weighted by molar-refractivity contribution is -0.385. The number of aromatic hydroxyl groups is 1. The molecule has 3 N–H and O–H groups in total. The number of para-hydroxylation sites is 3. The molecule has 2 aliphatic rings. The molecule has 1 aliphatic heterocycles. The number of phenolic OH excluding ortho intramolecular Hbond substituents is 1. The zero-order valence-corrected chi connectivity index (χ0v) is 18.4. The van der Waals surface area contributed by atoms with Crippen LogP contribution in [0.5, 0.6) is 11.5 Å². The van der Waals surface area contributed by atoms with E-state index in [1.165, 1.54) is 12.1 Å². The van der Waals surface area contributed by atoms with Crippen LogP contribution in [0.1, 0.15) is 35.9 Å². The summed E-state index contributed by atoms with van der Waals surface area (Å²) in [5, 5.41) is 28.2. The molecule has 0 spiro atoms. The first-order valence-electron chi connectivity index (χ1n) is 10.9. The quantitative estimate of drug-likeness (QED) is 0.360. The van der Waals surface area contributed by atoms with Crippen LogP contribution in [0.15, 0.2) is 78.0 Å². The highest BCUT2D eigenvalue weighted by atomic mass is 16.6. The molecule has 5 rings (SSSR count). The Kier molecular flexibility index (Phi) is 5.41. The third-order valence-corrected chi connectivity index (χ3v) is 6.42. The van der Waals surface area contributed by atoms with Crippen molar-refractivity contribution in [3.05, 3.63) is 99.2 Å². The molecule has 3 aromatic carbocycles. The van der Waals surface area contributed by atoms with Gasteiger partial charge in [-0.1, -0.05) is 36.4 Å². The number of carbonyl (C=O) groups is 1. The monoisotopic (exact) mass is 457 g/mol. The normalized spacial score (nSPS) is 19.3. The summed E-state index contributed by atoms with van der Waals surface area (Å²) >= 11 is 0. The lowest BCUT2D eigenvalue weighted by Gasteiger charge is -2.30.